The summed E-state index contributed by atoms with van der Waals surface area (Å²) in [6.07, 6.45) is 1.40. The van der Waals surface area contributed by atoms with E-state index < -0.39 is 0 Å². The zero-order chi connectivity index (χ0) is 12.7. The van der Waals surface area contributed by atoms with Gasteiger partial charge in [-0.3, -0.25) is 0 Å². The van der Waals surface area contributed by atoms with E-state index in [9.17, 15) is 4.79 Å². The monoisotopic (exact) mass is 235 g/mol. The predicted molar refractivity (Wildman–Crippen MR) is 67.0 cm³/mol. The largest absolute Gasteiger partial charge is 0.494 e. The van der Waals surface area contributed by atoms with Crippen LogP contribution in [0.5, 0.6) is 5.75 Å². The van der Waals surface area contributed by atoms with Crippen LogP contribution in [0.3, 0.4) is 0 Å². The number of benzene rings is 1. The minimum absolute atomic E-state index is 0.374. The van der Waals surface area contributed by atoms with Crippen molar-refractivity contribution in [2.45, 2.75) is 13.8 Å². The molecule has 0 aromatic heterocycles. The Hall–Kier alpha value is -1.97. The van der Waals surface area contributed by atoms with Crippen LogP contribution in [-0.2, 0) is 9.53 Å². The van der Waals surface area contributed by atoms with E-state index in [1.807, 2.05) is 31.2 Å². The molecule has 0 aliphatic rings. The molecule has 92 valence electrons. The second-order valence-corrected chi connectivity index (χ2v) is 3.43. The lowest BCUT2D eigenvalue weighted by atomic mass is 10.3. The van der Waals surface area contributed by atoms with E-state index in [2.05, 4.69) is 10.1 Å². The van der Waals surface area contributed by atoms with Crippen LogP contribution < -0.4 is 10.1 Å². The highest BCUT2D eigenvalue weighted by molar-refractivity contribution is 5.83. The number of anilines is 1. The molecule has 1 aromatic carbocycles. The smallest absolute Gasteiger partial charge is 0.332 e. The van der Waals surface area contributed by atoms with Crippen molar-refractivity contribution in [2.24, 2.45) is 0 Å². The van der Waals surface area contributed by atoms with Crippen molar-refractivity contribution in [2.75, 3.05) is 19.0 Å². The van der Waals surface area contributed by atoms with Gasteiger partial charge in [-0.25, -0.2) is 4.79 Å². The van der Waals surface area contributed by atoms with Gasteiger partial charge in [-0.05, 0) is 38.1 Å². The molecule has 4 nitrogen and oxygen atoms in total. The molecule has 0 spiro atoms. The third-order valence-corrected chi connectivity index (χ3v) is 2.04. The number of methoxy groups -OCH3 is 1. The van der Waals surface area contributed by atoms with Crippen LogP contribution in [-0.4, -0.2) is 19.7 Å². The zero-order valence-electron chi connectivity index (χ0n) is 10.3. The van der Waals surface area contributed by atoms with Crippen LogP contribution in [0.2, 0.25) is 0 Å². The zero-order valence-corrected chi connectivity index (χ0v) is 10.3. The molecule has 0 aliphatic carbocycles. The molecule has 0 heterocycles. The fourth-order valence-electron chi connectivity index (χ4n) is 1.30. The van der Waals surface area contributed by atoms with Gasteiger partial charge in [0.25, 0.3) is 0 Å². The Morgan fingerprint density at radius 1 is 1.35 bits per heavy atom. The van der Waals surface area contributed by atoms with Crippen molar-refractivity contribution in [3.05, 3.63) is 36.0 Å². The summed E-state index contributed by atoms with van der Waals surface area (Å²) in [6.45, 7) is 4.39. The summed E-state index contributed by atoms with van der Waals surface area (Å²) in [6, 6.07) is 7.52. The summed E-state index contributed by atoms with van der Waals surface area (Å²) < 4.78 is 9.87. The summed E-state index contributed by atoms with van der Waals surface area (Å²) in [7, 11) is 1.35. The van der Waals surface area contributed by atoms with E-state index in [0.29, 0.717) is 6.61 Å². The molecule has 1 rings (SSSR count). The first-order valence-corrected chi connectivity index (χ1v) is 5.42. The first-order chi connectivity index (χ1) is 8.15. The van der Waals surface area contributed by atoms with Gasteiger partial charge in [0.05, 0.1) is 13.7 Å². The van der Waals surface area contributed by atoms with Crippen LogP contribution in [0.15, 0.2) is 36.0 Å². The van der Waals surface area contributed by atoms with Crippen LogP contribution >= 0.6 is 0 Å². The molecule has 0 saturated heterocycles. The molecular weight excluding hydrogens is 218 g/mol. The van der Waals surface area contributed by atoms with E-state index in [1.54, 1.807) is 6.92 Å². The lowest BCUT2D eigenvalue weighted by Gasteiger charge is -2.07. The molecule has 1 N–H and O–H groups in total. The first-order valence-electron chi connectivity index (χ1n) is 5.42. The van der Waals surface area contributed by atoms with E-state index in [4.69, 9.17) is 4.74 Å². The van der Waals surface area contributed by atoms with Crippen molar-refractivity contribution in [3.63, 3.8) is 0 Å². The number of carbonyl (C=O) groups is 1. The number of nitrogens with one attached hydrogen (secondary N) is 1. The third-order valence-electron chi connectivity index (χ3n) is 2.04. The second kappa shape index (κ2) is 6.58. The maximum absolute atomic E-state index is 11.0. The van der Waals surface area contributed by atoms with Gasteiger partial charge in [-0.2, -0.15) is 0 Å². The van der Waals surface area contributed by atoms with E-state index in [-0.39, 0.29) is 5.97 Å². The van der Waals surface area contributed by atoms with Crippen molar-refractivity contribution < 1.29 is 14.3 Å². The van der Waals surface area contributed by atoms with Gasteiger partial charge in [-0.15, -0.1) is 0 Å². The summed E-state index contributed by atoms with van der Waals surface area (Å²) in [4.78, 5) is 11.0. The van der Waals surface area contributed by atoms with Crippen molar-refractivity contribution in [1.29, 1.82) is 0 Å². The number of rotatable bonds is 5. The van der Waals surface area contributed by atoms with Gasteiger partial charge in [0.15, 0.2) is 0 Å². The Morgan fingerprint density at radius 2 is 2.00 bits per heavy atom. The van der Waals surface area contributed by atoms with Crippen LogP contribution in [0, 0.1) is 0 Å². The molecule has 1 aromatic rings. The average molecular weight is 235 g/mol. The number of esters is 1. The van der Waals surface area contributed by atoms with E-state index in [0.717, 1.165) is 17.1 Å². The Balaban J connectivity index is 2.62. The highest BCUT2D eigenvalue weighted by atomic mass is 16.5. The molecule has 0 unspecified atom stereocenters. The predicted octanol–water partition coefficient (Wildman–Crippen LogP) is 2.57. The highest BCUT2D eigenvalue weighted by Gasteiger charge is 1.98. The molecule has 0 atom stereocenters. The molecule has 0 saturated carbocycles. The lowest BCUT2D eigenvalue weighted by Crippen LogP contribution is -2.02. The number of allylic oxidation sites excluding steroid dienone is 1. The Kier molecular flexibility index (Phi) is 5.07. The number of hydrogen-bond donors (Lipinski definition) is 1. The molecule has 0 aliphatic heterocycles. The molecule has 4 heteroatoms. The molecule has 17 heavy (non-hydrogen) atoms. The summed E-state index contributed by atoms with van der Waals surface area (Å²) in [5, 5.41) is 3.08. The molecule has 0 fully saturated rings. The standard InChI is InChI=1S/C13H17NO3/c1-4-17-12-7-5-11(6-8-12)14-10(2)9-13(15)16-3/h5-9,14H,4H2,1-3H3/b10-9-. The second-order valence-electron chi connectivity index (χ2n) is 3.43. The van der Waals surface area contributed by atoms with Crippen LogP contribution in [0.4, 0.5) is 5.69 Å². The van der Waals surface area contributed by atoms with Crippen molar-refractivity contribution in [3.8, 4) is 5.75 Å². The fraction of sp³-hybridized carbons (Fsp3) is 0.308. The number of hydrogen-bond acceptors (Lipinski definition) is 4. The fourth-order valence-corrected chi connectivity index (χ4v) is 1.30. The number of ether oxygens (including phenoxy) is 2. The third kappa shape index (κ3) is 4.59. The van der Waals surface area contributed by atoms with Crippen molar-refractivity contribution >= 4 is 11.7 Å². The SMILES string of the molecule is CCOc1ccc(N/C(C)=C\C(=O)OC)cc1. The van der Waals surface area contributed by atoms with Gasteiger partial charge in [-0.1, -0.05) is 0 Å². The average Bonchev–Trinajstić information content (AvgIpc) is 2.31. The Labute approximate surface area is 101 Å². The van der Waals surface area contributed by atoms with Gasteiger partial charge >= 0.3 is 5.97 Å². The minimum Gasteiger partial charge on any atom is -0.494 e. The quantitative estimate of drug-likeness (QED) is 0.629. The summed E-state index contributed by atoms with van der Waals surface area (Å²) in [5.41, 5.74) is 1.62. The molecular formula is C13H17NO3. The van der Waals surface area contributed by atoms with Gasteiger partial charge in [0, 0.05) is 17.5 Å². The first kappa shape index (κ1) is 13.1. The van der Waals surface area contributed by atoms with Crippen LogP contribution in [0.1, 0.15) is 13.8 Å². The van der Waals surface area contributed by atoms with E-state index in [1.165, 1.54) is 13.2 Å². The number of carbonyl (C=O) groups excluding carboxylic acids is 1. The molecule has 0 amide bonds. The summed E-state index contributed by atoms with van der Waals surface area (Å²) >= 11 is 0. The van der Waals surface area contributed by atoms with Gasteiger partial charge < -0.3 is 14.8 Å². The minimum atomic E-state index is -0.374. The highest BCUT2D eigenvalue weighted by Crippen LogP contribution is 2.16. The Bertz CT molecular complexity index is 396. The summed E-state index contributed by atoms with van der Waals surface area (Å²) in [5.74, 6) is 0.452. The maximum Gasteiger partial charge on any atom is 0.332 e. The van der Waals surface area contributed by atoms with Crippen molar-refractivity contribution in [1.82, 2.24) is 0 Å². The molecule has 0 bridgehead atoms. The van der Waals surface area contributed by atoms with Crippen LogP contribution in [0.25, 0.3) is 0 Å². The lowest BCUT2D eigenvalue weighted by molar-refractivity contribution is -0.134. The molecule has 0 radical (unpaired) electrons. The Morgan fingerprint density at radius 3 is 2.53 bits per heavy atom. The maximum atomic E-state index is 11.0. The topological polar surface area (TPSA) is 47.6 Å². The van der Waals surface area contributed by atoms with Gasteiger partial charge in [0.2, 0.25) is 0 Å². The van der Waals surface area contributed by atoms with E-state index >= 15 is 0 Å². The van der Waals surface area contributed by atoms with Gasteiger partial charge in [0.1, 0.15) is 5.75 Å². The normalized spacial score (nSPS) is 10.9.